The van der Waals surface area contributed by atoms with E-state index in [2.05, 4.69) is 10.0 Å². The largest absolute Gasteiger partial charge is 0.349 e. The molecule has 2 N–H and O–H groups in total. The highest BCUT2D eigenvalue weighted by Crippen LogP contribution is 2.55. The van der Waals surface area contributed by atoms with Crippen molar-refractivity contribution in [3.8, 4) is 0 Å². The molecular formula is C25H32F2N2O3S. The summed E-state index contributed by atoms with van der Waals surface area (Å²) in [4.78, 5) is 13.0. The number of hydrogen-bond acceptors (Lipinski definition) is 3. The first kappa shape index (κ1) is 25.1. The zero-order valence-corrected chi connectivity index (χ0v) is 20.7. The van der Waals surface area contributed by atoms with E-state index in [0.29, 0.717) is 24.1 Å². The molecule has 2 aromatic rings. The zero-order valence-electron chi connectivity index (χ0n) is 19.9. The van der Waals surface area contributed by atoms with Crippen LogP contribution in [0.25, 0.3) is 0 Å². The van der Waals surface area contributed by atoms with Gasteiger partial charge in [0.15, 0.2) is 0 Å². The summed E-state index contributed by atoms with van der Waals surface area (Å²) in [5.41, 5.74) is 0.559. The third-order valence-electron chi connectivity index (χ3n) is 6.35. The number of sulfonamides is 1. The van der Waals surface area contributed by atoms with E-state index < -0.39 is 32.5 Å². The lowest BCUT2D eigenvalue weighted by molar-refractivity contribution is -0.123. The number of amides is 1. The first-order valence-electron chi connectivity index (χ1n) is 11.0. The van der Waals surface area contributed by atoms with Crippen LogP contribution in [-0.2, 0) is 25.6 Å². The lowest BCUT2D eigenvalue weighted by Gasteiger charge is -2.23. The maximum atomic E-state index is 14.7. The monoisotopic (exact) mass is 478 g/mol. The molecule has 180 valence electrons. The predicted octanol–water partition coefficient (Wildman–Crippen LogP) is 5.18. The normalized spacial score (nSPS) is 21.4. The Bertz CT molecular complexity index is 1130. The number of benzene rings is 2. The molecule has 8 heteroatoms. The molecular weight excluding hydrogens is 446 g/mol. The Morgan fingerprint density at radius 2 is 1.70 bits per heavy atom. The van der Waals surface area contributed by atoms with Gasteiger partial charge in [0.1, 0.15) is 11.6 Å². The van der Waals surface area contributed by atoms with Crippen LogP contribution in [0.1, 0.15) is 70.2 Å². The molecule has 33 heavy (non-hydrogen) atoms. The molecule has 1 aliphatic carbocycles. The maximum Gasteiger partial charge on any atom is 0.229 e. The Labute approximate surface area is 195 Å². The quantitative estimate of drug-likeness (QED) is 0.576. The minimum absolute atomic E-state index is 0.0522. The summed E-state index contributed by atoms with van der Waals surface area (Å²) in [5, 5.41) is 3.04. The number of halogens is 2. The van der Waals surface area contributed by atoms with Gasteiger partial charge in [0.2, 0.25) is 15.9 Å². The van der Waals surface area contributed by atoms with Crippen LogP contribution < -0.4 is 10.0 Å². The van der Waals surface area contributed by atoms with Gasteiger partial charge < -0.3 is 5.32 Å². The second kappa shape index (κ2) is 8.70. The molecule has 0 heterocycles. The summed E-state index contributed by atoms with van der Waals surface area (Å²) >= 11 is 0. The first-order chi connectivity index (χ1) is 15.2. The lowest BCUT2D eigenvalue weighted by atomic mass is 9.83. The molecule has 2 unspecified atom stereocenters. The van der Waals surface area contributed by atoms with Crippen molar-refractivity contribution < 1.29 is 22.0 Å². The van der Waals surface area contributed by atoms with E-state index in [1.54, 1.807) is 45.0 Å². The molecule has 0 aliphatic heterocycles. The summed E-state index contributed by atoms with van der Waals surface area (Å²) in [6.07, 6.45) is 2.23. The molecule has 1 amide bonds. The van der Waals surface area contributed by atoms with Crippen LogP contribution >= 0.6 is 0 Å². The molecule has 1 fully saturated rings. The summed E-state index contributed by atoms with van der Waals surface area (Å²) in [6, 6.07) is 9.30. The number of nitrogens with one attached hydrogen (secondary N) is 2. The number of anilines is 1. The molecule has 1 saturated carbocycles. The van der Waals surface area contributed by atoms with E-state index >= 15 is 0 Å². The van der Waals surface area contributed by atoms with Gasteiger partial charge in [-0.3, -0.25) is 9.52 Å². The average molecular weight is 479 g/mol. The van der Waals surface area contributed by atoms with Crippen molar-refractivity contribution in [2.24, 2.45) is 5.92 Å². The van der Waals surface area contributed by atoms with Gasteiger partial charge >= 0.3 is 0 Å². The topological polar surface area (TPSA) is 75.3 Å². The highest BCUT2D eigenvalue weighted by atomic mass is 32.2. The molecule has 0 bridgehead atoms. The summed E-state index contributed by atoms with van der Waals surface area (Å²) in [5.74, 6) is -1.71. The molecule has 1 aliphatic rings. The standard InChI is InChI=1S/C25H32F2N2O3S/c1-7-21(15-8-10-17(11-9-15)29-33(6,31)32)28-23(30)18-14-25(18,5)16-12-19(26)22(20(27)13-16)24(2,3)4/h8-13,18,21,29H,7,14H2,1-6H3,(H,28,30)/t18?,21-,25?/m1/s1. The van der Waals surface area contributed by atoms with Crippen LogP contribution in [0, 0.1) is 17.6 Å². The van der Waals surface area contributed by atoms with Crippen molar-refractivity contribution in [1.29, 1.82) is 0 Å². The fourth-order valence-corrected chi connectivity index (χ4v) is 4.94. The van der Waals surface area contributed by atoms with E-state index in [-0.39, 0.29) is 23.4 Å². The van der Waals surface area contributed by atoms with Gasteiger partial charge in [0.05, 0.1) is 12.3 Å². The Hall–Kier alpha value is -2.48. The van der Waals surface area contributed by atoms with Gasteiger partial charge in [0, 0.05) is 22.6 Å². The van der Waals surface area contributed by atoms with Crippen LogP contribution in [0.3, 0.4) is 0 Å². The number of rotatable bonds is 7. The molecule has 3 rings (SSSR count). The Morgan fingerprint density at radius 1 is 1.15 bits per heavy atom. The van der Waals surface area contributed by atoms with E-state index in [1.807, 2.05) is 13.8 Å². The molecule has 0 spiro atoms. The van der Waals surface area contributed by atoms with Crippen molar-refractivity contribution in [1.82, 2.24) is 5.32 Å². The Morgan fingerprint density at radius 3 is 2.15 bits per heavy atom. The Kier molecular flexibility index (Phi) is 6.63. The van der Waals surface area contributed by atoms with Crippen LogP contribution in [0.2, 0.25) is 0 Å². The summed E-state index contributed by atoms with van der Waals surface area (Å²) in [7, 11) is -3.37. The minimum Gasteiger partial charge on any atom is -0.349 e. The minimum atomic E-state index is -3.37. The summed E-state index contributed by atoms with van der Waals surface area (Å²) < 4.78 is 54.6. The second-order valence-corrected chi connectivity index (χ2v) is 12.0. The second-order valence-electron chi connectivity index (χ2n) is 10.2. The van der Waals surface area contributed by atoms with Gasteiger partial charge in [0.25, 0.3) is 0 Å². The first-order valence-corrected chi connectivity index (χ1v) is 12.9. The molecule has 3 atom stereocenters. The molecule has 0 aromatic heterocycles. The number of hydrogen-bond donors (Lipinski definition) is 2. The van der Waals surface area contributed by atoms with Gasteiger partial charge in [-0.25, -0.2) is 17.2 Å². The van der Waals surface area contributed by atoms with Crippen LogP contribution in [0.5, 0.6) is 0 Å². The van der Waals surface area contributed by atoms with Gasteiger partial charge in [-0.15, -0.1) is 0 Å². The van der Waals surface area contributed by atoms with Crippen molar-refractivity contribution >= 4 is 21.6 Å². The van der Waals surface area contributed by atoms with Gasteiger partial charge in [-0.05, 0) is 53.6 Å². The molecule has 0 radical (unpaired) electrons. The SMILES string of the molecule is CC[C@@H](NC(=O)C1CC1(C)c1cc(F)c(C(C)(C)C)c(F)c1)c1ccc(NS(C)(=O)=O)cc1. The third kappa shape index (κ3) is 5.54. The van der Waals surface area contributed by atoms with E-state index in [0.717, 1.165) is 11.8 Å². The summed E-state index contributed by atoms with van der Waals surface area (Å²) in [6.45, 7) is 9.08. The number of carbonyl (C=O) groups is 1. The van der Waals surface area contributed by atoms with Gasteiger partial charge in [-0.2, -0.15) is 0 Å². The predicted molar refractivity (Wildman–Crippen MR) is 127 cm³/mol. The fraction of sp³-hybridized carbons (Fsp3) is 0.480. The average Bonchev–Trinajstić information content (AvgIpc) is 3.37. The molecule has 2 aromatic carbocycles. The number of carbonyl (C=O) groups excluding carboxylic acids is 1. The van der Waals surface area contributed by atoms with E-state index in [1.165, 1.54) is 12.1 Å². The van der Waals surface area contributed by atoms with E-state index in [9.17, 15) is 22.0 Å². The van der Waals surface area contributed by atoms with Crippen molar-refractivity contribution in [3.05, 3.63) is 64.7 Å². The van der Waals surface area contributed by atoms with Crippen LogP contribution in [0.15, 0.2) is 36.4 Å². The zero-order chi connectivity index (χ0) is 24.8. The third-order valence-corrected chi connectivity index (χ3v) is 6.95. The highest BCUT2D eigenvalue weighted by molar-refractivity contribution is 7.92. The van der Waals surface area contributed by atoms with E-state index in [4.69, 9.17) is 0 Å². The van der Waals surface area contributed by atoms with Crippen molar-refractivity contribution in [2.45, 2.75) is 64.3 Å². The van der Waals surface area contributed by atoms with Crippen molar-refractivity contribution in [3.63, 3.8) is 0 Å². The highest BCUT2D eigenvalue weighted by Gasteiger charge is 2.56. The molecule has 5 nitrogen and oxygen atoms in total. The smallest absolute Gasteiger partial charge is 0.229 e. The molecule has 0 saturated heterocycles. The fourth-order valence-electron chi connectivity index (χ4n) is 4.38. The maximum absolute atomic E-state index is 14.7. The van der Waals surface area contributed by atoms with Crippen LogP contribution in [-0.4, -0.2) is 20.6 Å². The van der Waals surface area contributed by atoms with Crippen LogP contribution in [0.4, 0.5) is 14.5 Å². The van der Waals surface area contributed by atoms with Crippen molar-refractivity contribution in [2.75, 3.05) is 11.0 Å². The van der Waals surface area contributed by atoms with Gasteiger partial charge in [-0.1, -0.05) is 46.8 Å². The lowest BCUT2D eigenvalue weighted by Crippen LogP contribution is -2.31. The Balaban J connectivity index is 1.74.